The molecule has 2 aromatic rings. The van der Waals surface area contributed by atoms with Gasteiger partial charge in [0.15, 0.2) is 5.16 Å². The summed E-state index contributed by atoms with van der Waals surface area (Å²) in [4.78, 5) is 26.0. The fourth-order valence-electron chi connectivity index (χ4n) is 1.71. The quantitative estimate of drug-likeness (QED) is 0.367. The van der Waals surface area contributed by atoms with E-state index < -0.39 is 11.1 Å². The van der Waals surface area contributed by atoms with Crippen molar-refractivity contribution in [1.29, 1.82) is 0 Å². The number of nitrogen functional groups attached to an aromatic ring is 1. The Balaban J connectivity index is 1.87. The third-order valence-corrected chi connectivity index (χ3v) is 3.88. The van der Waals surface area contributed by atoms with E-state index in [1.54, 1.807) is 7.05 Å². The normalized spacial score (nSPS) is 10.7. The van der Waals surface area contributed by atoms with Crippen LogP contribution in [0.2, 0.25) is 0 Å². The number of anilines is 1. The molecule has 0 radical (unpaired) electrons. The number of hydrogen-bond acceptors (Lipinski definition) is 5. The molecule has 0 amide bonds. The van der Waals surface area contributed by atoms with Crippen LogP contribution in [0.5, 0.6) is 0 Å². The Kier molecular flexibility index (Phi) is 4.62. The number of thioether (sulfide) groups is 1. The molecule has 0 saturated heterocycles. The van der Waals surface area contributed by atoms with Crippen LogP contribution in [0.4, 0.5) is 5.69 Å². The number of H-pyrrole nitrogens is 1. The monoisotopic (exact) mass is 292 g/mol. The Morgan fingerprint density at radius 2 is 2.00 bits per heavy atom. The number of nitrogens with one attached hydrogen (secondary N) is 1. The number of aryl methyl sites for hydroxylation is 2. The Labute approximate surface area is 120 Å². The highest BCUT2D eigenvalue weighted by Crippen LogP contribution is 2.15. The lowest BCUT2D eigenvalue weighted by atomic mass is 10.1. The maximum atomic E-state index is 11.2. The molecule has 0 unspecified atom stereocenters. The first-order valence-electron chi connectivity index (χ1n) is 6.21. The van der Waals surface area contributed by atoms with Gasteiger partial charge in [-0.05, 0) is 30.5 Å². The molecule has 1 aromatic carbocycles. The molecule has 0 aliphatic carbocycles. The summed E-state index contributed by atoms with van der Waals surface area (Å²) in [7, 11) is 1.66. The lowest BCUT2D eigenvalue weighted by Crippen LogP contribution is -2.33. The summed E-state index contributed by atoms with van der Waals surface area (Å²) in [6, 6.07) is 7.79. The first-order chi connectivity index (χ1) is 9.56. The highest BCUT2D eigenvalue weighted by molar-refractivity contribution is 7.99. The van der Waals surface area contributed by atoms with Crippen LogP contribution >= 0.6 is 11.8 Å². The predicted octanol–water partition coefficient (Wildman–Crippen LogP) is 0.776. The summed E-state index contributed by atoms with van der Waals surface area (Å²) in [5.74, 6) is 0.816. The van der Waals surface area contributed by atoms with Crippen molar-refractivity contribution in [3.63, 3.8) is 0 Å². The van der Waals surface area contributed by atoms with E-state index >= 15 is 0 Å². The Bertz CT molecular complexity index is 691. The minimum Gasteiger partial charge on any atom is -0.399 e. The van der Waals surface area contributed by atoms with E-state index in [1.165, 1.54) is 22.0 Å². The highest BCUT2D eigenvalue weighted by atomic mass is 32.2. The molecule has 0 bridgehead atoms. The summed E-state index contributed by atoms with van der Waals surface area (Å²) in [6.45, 7) is 0. The third-order valence-electron chi connectivity index (χ3n) is 2.77. The highest BCUT2D eigenvalue weighted by Gasteiger charge is 2.04. The first kappa shape index (κ1) is 14.4. The molecule has 2 rings (SSSR count). The first-order valence-corrected chi connectivity index (χ1v) is 7.19. The van der Waals surface area contributed by atoms with E-state index in [0.29, 0.717) is 5.16 Å². The van der Waals surface area contributed by atoms with Gasteiger partial charge in [0.05, 0.1) is 0 Å². The summed E-state index contributed by atoms with van der Waals surface area (Å²) in [6.07, 6.45) is 1.88. The summed E-state index contributed by atoms with van der Waals surface area (Å²) < 4.78 is 1.47. The molecule has 1 aromatic heterocycles. The standard InChI is InChI=1S/C13H16N4O2S/c1-17-13(15-11(18)12(19)16-17)20-8-2-3-9-4-6-10(14)7-5-9/h4-7H,2-3,8,14H2,1H3,(H,16,19). The van der Waals surface area contributed by atoms with Crippen molar-refractivity contribution in [2.75, 3.05) is 11.5 Å². The van der Waals surface area contributed by atoms with Crippen molar-refractivity contribution < 1.29 is 0 Å². The van der Waals surface area contributed by atoms with Crippen molar-refractivity contribution in [2.24, 2.45) is 7.05 Å². The molecule has 20 heavy (non-hydrogen) atoms. The summed E-state index contributed by atoms with van der Waals surface area (Å²) in [5, 5.41) is 2.94. The van der Waals surface area contributed by atoms with Crippen LogP contribution in [-0.2, 0) is 13.5 Å². The molecular formula is C13H16N4O2S. The second-order valence-electron chi connectivity index (χ2n) is 4.39. The summed E-state index contributed by atoms with van der Waals surface area (Å²) >= 11 is 1.45. The largest absolute Gasteiger partial charge is 0.399 e. The number of nitrogens with zero attached hydrogens (tertiary/aromatic N) is 2. The van der Waals surface area contributed by atoms with Crippen molar-refractivity contribution in [1.82, 2.24) is 14.8 Å². The van der Waals surface area contributed by atoms with Gasteiger partial charge in [0.25, 0.3) is 0 Å². The van der Waals surface area contributed by atoms with Crippen LogP contribution in [0.1, 0.15) is 12.0 Å². The number of hydrogen-bond donors (Lipinski definition) is 2. The van der Waals surface area contributed by atoms with Crippen molar-refractivity contribution in [3.05, 3.63) is 50.5 Å². The molecule has 0 atom stereocenters. The molecule has 6 nitrogen and oxygen atoms in total. The van der Waals surface area contributed by atoms with E-state index in [0.717, 1.165) is 24.3 Å². The van der Waals surface area contributed by atoms with Gasteiger partial charge >= 0.3 is 11.1 Å². The maximum absolute atomic E-state index is 11.2. The van der Waals surface area contributed by atoms with Crippen LogP contribution in [0, 0.1) is 0 Å². The molecule has 0 aliphatic heterocycles. The smallest absolute Gasteiger partial charge is 0.339 e. The van der Waals surface area contributed by atoms with Crippen molar-refractivity contribution >= 4 is 17.4 Å². The van der Waals surface area contributed by atoms with Gasteiger partial charge in [0.2, 0.25) is 0 Å². The molecule has 3 N–H and O–H groups in total. The van der Waals surface area contributed by atoms with E-state index in [2.05, 4.69) is 10.1 Å². The van der Waals surface area contributed by atoms with E-state index in [4.69, 9.17) is 5.73 Å². The van der Waals surface area contributed by atoms with Gasteiger partial charge in [-0.1, -0.05) is 23.9 Å². The number of benzene rings is 1. The predicted molar refractivity (Wildman–Crippen MR) is 80.0 cm³/mol. The third kappa shape index (κ3) is 3.74. The van der Waals surface area contributed by atoms with Gasteiger partial charge in [-0.3, -0.25) is 19.4 Å². The maximum Gasteiger partial charge on any atom is 0.339 e. The molecule has 0 saturated carbocycles. The second kappa shape index (κ2) is 6.42. The van der Waals surface area contributed by atoms with Gasteiger partial charge in [-0.25, -0.2) is 0 Å². The average Bonchev–Trinajstić information content (AvgIpc) is 2.42. The lowest BCUT2D eigenvalue weighted by molar-refractivity contribution is 0.596. The Morgan fingerprint density at radius 1 is 1.30 bits per heavy atom. The minimum atomic E-state index is -0.746. The minimum absolute atomic E-state index is 0.520. The Hall–Kier alpha value is -2.02. The zero-order valence-electron chi connectivity index (χ0n) is 11.1. The molecule has 0 aliphatic rings. The van der Waals surface area contributed by atoms with Crippen LogP contribution < -0.4 is 16.9 Å². The van der Waals surface area contributed by atoms with E-state index in [1.807, 2.05) is 24.3 Å². The zero-order valence-corrected chi connectivity index (χ0v) is 11.9. The fourth-order valence-corrected chi connectivity index (χ4v) is 2.57. The van der Waals surface area contributed by atoms with Crippen molar-refractivity contribution in [2.45, 2.75) is 18.0 Å². The van der Waals surface area contributed by atoms with Gasteiger partial charge in [-0.2, -0.15) is 4.98 Å². The van der Waals surface area contributed by atoms with Gasteiger partial charge in [0.1, 0.15) is 0 Å². The molecule has 106 valence electrons. The van der Waals surface area contributed by atoms with E-state index in [9.17, 15) is 9.59 Å². The van der Waals surface area contributed by atoms with E-state index in [-0.39, 0.29) is 0 Å². The topological polar surface area (TPSA) is 93.8 Å². The lowest BCUT2D eigenvalue weighted by Gasteiger charge is -2.06. The van der Waals surface area contributed by atoms with Crippen LogP contribution in [0.3, 0.4) is 0 Å². The van der Waals surface area contributed by atoms with Gasteiger partial charge < -0.3 is 5.73 Å². The number of rotatable bonds is 5. The average molecular weight is 292 g/mol. The van der Waals surface area contributed by atoms with Crippen molar-refractivity contribution in [3.8, 4) is 0 Å². The van der Waals surface area contributed by atoms with Gasteiger partial charge in [0, 0.05) is 18.5 Å². The number of nitrogens with two attached hydrogens (primary N) is 1. The SMILES string of the molecule is Cn1[nH]c(=O)c(=O)nc1SCCCc1ccc(N)cc1. The van der Waals surface area contributed by atoms with Gasteiger partial charge in [-0.15, -0.1) is 0 Å². The van der Waals surface area contributed by atoms with Crippen LogP contribution in [0.15, 0.2) is 39.0 Å². The number of aromatic amines is 1. The Morgan fingerprint density at radius 3 is 2.70 bits per heavy atom. The molecule has 1 heterocycles. The second-order valence-corrected chi connectivity index (χ2v) is 5.46. The molecule has 7 heteroatoms. The van der Waals surface area contributed by atoms with Crippen LogP contribution in [0.25, 0.3) is 0 Å². The number of aromatic nitrogens is 3. The molecule has 0 fully saturated rings. The van der Waals surface area contributed by atoms with Crippen LogP contribution in [-0.4, -0.2) is 20.5 Å². The molecular weight excluding hydrogens is 276 g/mol. The summed E-state index contributed by atoms with van der Waals surface area (Å²) in [5.41, 5.74) is 6.17. The molecule has 0 spiro atoms. The zero-order chi connectivity index (χ0) is 14.5. The fraction of sp³-hybridized carbons (Fsp3) is 0.308.